The first-order valence-electron chi connectivity index (χ1n) is 3.93. The number of aromatic nitrogens is 2. The van der Waals surface area contributed by atoms with Crippen LogP contribution in [0.15, 0.2) is 8.68 Å². The third kappa shape index (κ3) is 4.14. The number of rotatable bonds is 6. The summed E-state index contributed by atoms with van der Waals surface area (Å²) in [5.41, 5.74) is 0. The summed E-state index contributed by atoms with van der Waals surface area (Å²) in [6.45, 7) is 0.362. The number of nitrogens with zero attached hydrogens (tertiary/aromatic N) is 2. The van der Waals surface area contributed by atoms with E-state index in [0.29, 0.717) is 12.4 Å². The maximum Gasteiger partial charge on any atom is 0.175 e. The molecule has 0 fully saturated rings. The molecule has 1 N–H and O–H groups in total. The molecule has 4 nitrogen and oxygen atoms in total. The average molecular weight is 252 g/mol. The predicted molar refractivity (Wildman–Crippen MR) is 60.3 cm³/mol. The van der Waals surface area contributed by atoms with E-state index in [1.54, 1.807) is 30.2 Å². The van der Waals surface area contributed by atoms with E-state index in [4.69, 9.17) is 4.74 Å². The van der Waals surface area contributed by atoms with Crippen LogP contribution in [-0.4, -0.2) is 47.1 Å². The first kappa shape index (κ1) is 12.3. The van der Waals surface area contributed by atoms with E-state index in [2.05, 4.69) is 10.2 Å². The molecule has 1 unspecified atom stereocenters. The van der Waals surface area contributed by atoms with Gasteiger partial charge in [0.1, 0.15) is 0 Å². The lowest BCUT2D eigenvalue weighted by molar-refractivity contribution is 0.0794. The van der Waals surface area contributed by atoms with Gasteiger partial charge in [0.25, 0.3) is 0 Å². The molecule has 80 valence electrons. The fraction of sp³-hybridized carbons (Fsp3) is 0.714. The number of thioether (sulfide) groups is 2. The van der Waals surface area contributed by atoms with Gasteiger partial charge in [-0.3, -0.25) is 0 Å². The number of ether oxygens (including phenoxy) is 1. The molecule has 0 aliphatic carbocycles. The molecule has 0 saturated carbocycles. The highest BCUT2D eigenvalue weighted by Crippen LogP contribution is 2.27. The van der Waals surface area contributed by atoms with E-state index >= 15 is 0 Å². The molecule has 0 bridgehead atoms. The third-order valence-electron chi connectivity index (χ3n) is 1.32. The second-order valence-electron chi connectivity index (χ2n) is 2.46. The zero-order chi connectivity index (χ0) is 10.4. The molecule has 1 rings (SSSR count). The minimum atomic E-state index is -0.438. The Hall–Kier alpha value is 0.180. The Labute approximate surface area is 95.5 Å². The number of hydrogen-bond acceptors (Lipinski definition) is 7. The minimum Gasteiger partial charge on any atom is -0.390 e. The van der Waals surface area contributed by atoms with Crippen LogP contribution in [0.2, 0.25) is 0 Å². The summed E-state index contributed by atoms with van der Waals surface area (Å²) in [4.78, 5) is 0. The largest absolute Gasteiger partial charge is 0.390 e. The summed E-state index contributed by atoms with van der Waals surface area (Å²) in [7, 11) is 1.57. The minimum absolute atomic E-state index is 0.362. The van der Waals surface area contributed by atoms with Gasteiger partial charge in [-0.2, -0.15) is 0 Å². The van der Waals surface area contributed by atoms with Crippen molar-refractivity contribution in [3.05, 3.63) is 0 Å². The Kier molecular flexibility index (Phi) is 5.80. The van der Waals surface area contributed by atoms with Gasteiger partial charge in [-0.25, -0.2) is 0 Å². The van der Waals surface area contributed by atoms with Crippen LogP contribution in [0, 0.1) is 0 Å². The summed E-state index contributed by atoms with van der Waals surface area (Å²) in [5, 5.41) is 17.3. The molecular weight excluding hydrogens is 240 g/mol. The van der Waals surface area contributed by atoms with Crippen molar-refractivity contribution < 1.29 is 9.84 Å². The highest BCUT2D eigenvalue weighted by Gasteiger charge is 2.08. The van der Waals surface area contributed by atoms with Crippen molar-refractivity contribution >= 4 is 34.9 Å². The molecule has 0 radical (unpaired) electrons. The van der Waals surface area contributed by atoms with E-state index in [-0.39, 0.29) is 0 Å². The molecule has 1 aromatic heterocycles. The highest BCUT2D eigenvalue weighted by molar-refractivity contribution is 8.02. The van der Waals surface area contributed by atoms with Crippen molar-refractivity contribution in [3.8, 4) is 0 Å². The molecule has 14 heavy (non-hydrogen) atoms. The summed E-state index contributed by atoms with van der Waals surface area (Å²) < 4.78 is 6.66. The van der Waals surface area contributed by atoms with Crippen molar-refractivity contribution in [3.63, 3.8) is 0 Å². The average Bonchev–Trinajstić information content (AvgIpc) is 2.63. The summed E-state index contributed by atoms with van der Waals surface area (Å²) in [5.74, 6) is 0.594. The Bertz CT molecular complexity index is 269. The van der Waals surface area contributed by atoms with Gasteiger partial charge in [-0.15, -0.1) is 10.2 Å². The molecule has 1 heterocycles. The monoisotopic (exact) mass is 252 g/mol. The predicted octanol–water partition coefficient (Wildman–Crippen LogP) is 1.36. The standard InChI is InChI=1S/C7H12N2O2S3/c1-11-3-5(10)4-13-7-9-8-6(12-2)14-7/h5,10H,3-4H2,1-2H3. The first-order chi connectivity index (χ1) is 6.76. The summed E-state index contributed by atoms with van der Waals surface area (Å²) in [6, 6.07) is 0. The van der Waals surface area contributed by atoms with Crippen LogP contribution in [-0.2, 0) is 4.74 Å². The maximum atomic E-state index is 9.38. The van der Waals surface area contributed by atoms with E-state index in [0.717, 1.165) is 8.68 Å². The van der Waals surface area contributed by atoms with E-state index in [1.807, 2.05) is 6.26 Å². The fourth-order valence-corrected chi connectivity index (χ4v) is 3.12. The molecule has 0 saturated heterocycles. The van der Waals surface area contributed by atoms with Crippen LogP contribution in [0.1, 0.15) is 0 Å². The van der Waals surface area contributed by atoms with Gasteiger partial charge in [0.2, 0.25) is 0 Å². The molecule has 0 aliphatic heterocycles. The van der Waals surface area contributed by atoms with Gasteiger partial charge in [-0.05, 0) is 6.26 Å². The third-order valence-corrected chi connectivity index (χ3v) is 4.50. The molecule has 0 aromatic carbocycles. The van der Waals surface area contributed by atoms with E-state index < -0.39 is 6.10 Å². The Morgan fingerprint density at radius 2 is 2.21 bits per heavy atom. The zero-order valence-corrected chi connectivity index (χ0v) is 10.4. The van der Waals surface area contributed by atoms with Crippen molar-refractivity contribution in [2.45, 2.75) is 14.8 Å². The van der Waals surface area contributed by atoms with Gasteiger partial charge in [0, 0.05) is 12.9 Å². The maximum absolute atomic E-state index is 9.38. The van der Waals surface area contributed by atoms with Gasteiger partial charge in [0.15, 0.2) is 8.68 Å². The van der Waals surface area contributed by atoms with E-state index in [1.165, 1.54) is 11.8 Å². The van der Waals surface area contributed by atoms with Crippen molar-refractivity contribution in [1.29, 1.82) is 0 Å². The summed E-state index contributed by atoms with van der Waals surface area (Å²) in [6.07, 6.45) is 1.53. The second-order valence-corrected chi connectivity index (χ2v) is 5.76. The smallest absolute Gasteiger partial charge is 0.175 e. The second kappa shape index (κ2) is 6.62. The Morgan fingerprint density at radius 1 is 1.50 bits per heavy atom. The van der Waals surface area contributed by atoms with Gasteiger partial charge >= 0.3 is 0 Å². The molecule has 0 aliphatic rings. The van der Waals surface area contributed by atoms with Crippen LogP contribution in [0.3, 0.4) is 0 Å². The lowest BCUT2D eigenvalue weighted by Gasteiger charge is -2.06. The molecule has 1 aromatic rings. The van der Waals surface area contributed by atoms with E-state index in [9.17, 15) is 5.11 Å². The van der Waals surface area contributed by atoms with Crippen molar-refractivity contribution in [2.75, 3.05) is 25.7 Å². The quantitative estimate of drug-likeness (QED) is 0.772. The van der Waals surface area contributed by atoms with Crippen LogP contribution in [0.25, 0.3) is 0 Å². The van der Waals surface area contributed by atoms with Crippen LogP contribution < -0.4 is 0 Å². The molecule has 0 spiro atoms. The molecule has 0 amide bonds. The van der Waals surface area contributed by atoms with Crippen LogP contribution in [0.4, 0.5) is 0 Å². The highest BCUT2D eigenvalue weighted by atomic mass is 32.2. The normalized spacial score (nSPS) is 13.1. The van der Waals surface area contributed by atoms with Crippen LogP contribution in [0.5, 0.6) is 0 Å². The first-order valence-corrected chi connectivity index (χ1v) is 6.96. The van der Waals surface area contributed by atoms with Crippen molar-refractivity contribution in [2.24, 2.45) is 0 Å². The zero-order valence-electron chi connectivity index (χ0n) is 7.97. The number of methoxy groups -OCH3 is 1. The fourth-order valence-electron chi connectivity index (χ4n) is 0.746. The number of aliphatic hydroxyl groups is 1. The van der Waals surface area contributed by atoms with Gasteiger partial charge in [-0.1, -0.05) is 34.9 Å². The molecule has 1 atom stereocenters. The number of hydrogen-bond donors (Lipinski definition) is 1. The SMILES string of the molecule is COCC(O)CSc1nnc(SC)s1. The number of aliphatic hydroxyl groups excluding tert-OH is 1. The van der Waals surface area contributed by atoms with Crippen molar-refractivity contribution in [1.82, 2.24) is 10.2 Å². The van der Waals surface area contributed by atoms with Crippen LogP contribution >= 0.6 is 34.9 Å². The Morgan fingerprint density at radius 3 is 2.79 bits per heavy atom. The molecule has 7 heteroatoms. The van der Waals surface area contributed by atoms with Gasteiger partial charge in [0.05, 0.1) is 12.7 Å². The lowest BCUT2D eigenvalue weighted by Crippen LogP contribution is -2.16. The topological polar surface area (TPSA) is 55.2 Å². The molecular formula is C7H12N2O2S3. The lowest BCUT2D eigenvalue weighted by atomic mass is 10.4. The summed E-state index contributed by atoms with van der Waals surface area (Å²) >= 11 is 4.63. The van der Waals surface area contributed by atoms with Gasteiger partial charge < -0.3 is 9.84 Å². The Balaban J connectivity index is 2.30.